The number of amides is 1. The molecule has 2 fully saturated rings. The van der Waals surface area contributed by atoms with Gasteiger partial charge in [0.2, 0.25) is 5.91 Å². The maximum Gasteiger partial charge on any atom is 0.277 e. The minimum Gasteiger partial charge on any atom is -0.343 e. The van der Waals surface area contributed by atoms with E-state index in [2.05, 4.69) is 28.2 Å². The van der Waals surface area contributed by atoms with Crippen molar-refractivity contribution in [2.75, 3.05) is 19.6 Å². The lowest BCUT2D eigenvalue weighted by atomic mass is 9.93. The number of carbonyl (C=O) groups excluding carboxylic acids is 1. The quantitative estimate of drug-likeness (QED) is 0.727. The van der Waals surface area contributed by atoms with Gasteiger partial charge in [0, 0.05) is 62.7 Å². The minimum atomic E-state index is 0.0705. The number of rotatable bonds is 4. The Morgan fingerprint density at radius 1 is 1.09 bits per heavy atom. The van der Waals surface area contributed by atoms with Crippen LogP contribution in [0.1, 0.15) is 80.7 Å². The number of aromatic nitrogens is 3. The Morgan fingerprint density at radius 3 is 2.67 bits per heavy atom. The highest BCUT2D eigenvalue weighted by atomic mass is 16.2. The zero-order valence-electron chi connectivity index (χ0n) is 19.5. The topological polar surface area (TPSA) is 73.7 Å². The molecular formula is C26H35N5O2. The molecule has 33 heavy (non-hydrogen) atoms. The number of nitrogens with one attached hydrogen (secondary N) is 1. The van der Waals surface area contributed by atoms with E-state index in [1.807, 2.05) is 4.90 Å². The fourth-order valence-corrected chi connectivity index (χ4v) is 6.47. The zero-order valence-corrected chi connectivity index (χ0v) is 19.5. The number of H-pyrrole nitrogens is 1. The van der Waals surface area contributed by atoms with Gasteiger partial charge >= 0.3 is 0 Å². The zero-order chi connectivity index (χ0) is 22.4. The number of hydrogen-bond acceptors (Lipinski definition) is 4. The van der Waals surface area contributed by atoms with Gasteiger partial charge in [-0.1, -0.05) is 25.0 Å². The van der Waals surface area contributed by atoms with Gasteiger partial charge in [0.1, 0.15) is 0 Å². The van der Waals surface area contributed by atoms with Crippen molar-refractivity contribution in [1.29, 1.82) is 0 Å². The summed E-state index contributed by atoms with van der Waals surface area (Å²) >= 11 is 0. The summed E-state index contributed by atoms with van der Waals surface area (Å²) < 4.78 is 1.66. The molecular weight excluding hydrogens is 414 g/mol. The first kappa shape index (κ1) is 21.1. The second-order valence-corrected chi connectivity index (χ2v) is 10.5. The van der Waals surface area contributed by atoms with Crippen LogP contribution in [0.5, 0.6) is 0 Å². The van der Waals surface area contributed by atoms with E-state index in [1.165, 1.54) is 25.7 Å². The molecule has 2 aliphatic heterocycles. The average molecular weight is 450 g/mol. The van der Waals surface area contributed by atoms with E-state index in [0.29, 0.717) is 30.2 Å². The lowest BCUT2D eigenvalue weighted by molar-refractivity contribution is -0.132. The van der Waals surface area contributed by atoms with E-state index >= 15 is 0 Å². The van der Waals surface area contributed by atoms with Gasteiger partial charge in [-0.3, -0.25) is 19.6 Å². The maximum atomic E-state index is 13.3. The summed E-state index contributed by atoms with van der Waals surface area (Å²) in [7, 11) is 0. The van der Waals surface area contributed by atoms with Gasteiger partial charge in [-0.25, -0.2) is 9.50 Å². The fourth-order valence-electron chi connectivity index (χ4n) is 6.47. The Morgan fingerprint density at radius 2 is 1.91 bits per heavy atom. The fraction of sp³-hybridized carbons (Fsp3) is 0.654. The van der Waals surface area contributed by atoms with Crippen LogP contribution in [0.3, 0.4) is 0 Å². The standard InChI is InChI=1S/C26H35N5O2/c32-25(15-18-5-1-2-6-18)29-12-9-19(10-13-29)23-16-24-27-22-11-14-30(20-7-3-4-8-20)17-21(22)26(33)31(24)28-23/h1,5,16,18-20,28H,2-4,6-15,17H2. The predicted octanol–water partition coefficient (Wildman–Crippen LogP) is 3.39. The van der Waals surface area contributed by atoms with Crippen molar-refractivity contribution in [3.05, 3.63) is 45.5 Å². The van der Waals surface area contributed by atoms with Crippen LogP contribution in [0.2, 0.25) is 0 Å². The Labute approximate surface area is 194 Å². The Hall–Kier alpha value is -2.41. The highest BCUT2D eigenvalue weighted by Crippen LogP contribution is 2.30. The van der Waals surface area contributed by atoms with Crippen LogP contribution in [0.25, 0.3) is 5.65 Å². The van der Waals surface area contributed by atoms with Crippen molar-refractivity contribution in [3.8, 4) is 0 Å². The van der Waals surface area contributed by atoms with Crippen molar-refractivity contribution in [1.82, 2.24) is 24.4 Å². The normalized spacial score (nSPS) is 24.7. The van der Waals surface area contributed by atoms with Crippen molar-refractivity contribution < 1.29 is 4.79 Å². The summed E-state index contributed by atoms with van der Waals surface area (Å²) in [6, 6.07) is 2.70. The molecule has 1 atom stereocenters. The number of carbonyl (C=O) groups is 1. The number of piperidine rings is 1. The SMILES string of the molecule is O=C(CC1C=CCC1)N1CCC(c2cc3nc4c(c(=O)n3[nH]2)CN(C2CCCC2)CC4)CC1. The molecule has 0 aromatic carbocycles. The van der Waals surface area contributed by atoms with Gasteiger partial charge in [-0.2, -0.15) is 0 Å². The largest absolute Gasteiger partial charge is 0.343 e. The molecule has 1 unspecified atom stereocenters. The Balaban J connectivity index is 1.15. The highest BCUT2D eigenvalue weighted by molar-refractivity contribution is 5.76. The minimum absolute atomic E-state index is 0.0705. The molecule has 1 amide bonds. The Kier molecular flexibility index (Phi) is 5.60. The van der Waals surface area contributed by atoms with Crippen LogP contribution in [-0.2, 0) is 17.8 Å². The van der Waals surface area contributed by atoms with E-state index in [1.54, 1.807) is 4.52 Å². The molecule has 6 rings (SSSR count). The molecule has 2 aromatic heterocycles. The van der Waals surface area contributed by atoms with E-state index < -0.39 is 0 Å². The van der Waals surface area contributed by atoms with Gasteiger partial charge in [-0.05, 0) is 44.4 Å². The molecule has 1 saturated carbocycles. The van der Waals surface area contributed by atoms with Gasteiger partial charge in [0.15, 0.2) is 5.65 Å². The summed E-state index contributed by atoms with van der Waals surface area (Å²) in [5.74, 6) is 1.06. The summed E-state index contributed by atoms with van der Waals surface area (Å²) in [4.78, 5) is 35.4. The monoisotopic (exact) mass is 449 g/mol. The summed E-state index contributed by atoms with van der Waals surface area (Å²) in [6.07, 6.45) is 15.1. The van der Waals surface area contributed by atoms with E-state index in [-0.39, 0.29) is 5.56 Å². The molecule has 0 radical (unpaired) electrons. The van der Waals surface area contributed by atoms with Crippen molar-refractivity contribution in [2.24, 2.45) is 5.92 Å². The van der Waals surface area contributed by atoms with Crippen molar-refractivity contribution in [3.63, 3.8) is 0 Å². The van der Waals surface area contributed by atoms with Crippen LogP contribution in [0.15, 0.2) is 23.0 Å². The molecule has 1 N–H and O–H groups in total. The number of likely N-dealkylation sites (tertiary alicyclic amines) is 1. The molecule has 4 aliphatic rings. The Bertz CT molecular complexity index is 1120. The predicted molar refractivity (Wildman–Crippen MR) is 127 cm³/mol. The molecule has 0 bridgehead atoms. The summed E-state index contributed by atoms with van der Waals surface area (Å²) in [6.45, 7) is 3.34. The molecule has 1 saturated heterocycles. The second-order valence-electron chi connectivity index (χ2n) is 10.5. The van der Waals surface area contributed by atoms with Gasteiger partial charge in [0.25, 0.3) is 5.56 Å². The van der Waals surface area contributed by atoms with Crippen LogP contribution in [-0.4, -0.2) is 56.0 Å². The van der Waals surface area contributed by atoms with Crippen LogP contribution < -0.4 is 5.56 Å². The smallest absolute Gasteiger partial charge is 0.277 e. The molecule has 0 spiro atoms. The third-order valence-corrected chi connectivity index (χ3v) is 8.49. The summed E-state index contributed by atoms with van der Waals surface area (Å²) in [5.41, 5.74) is 3.76. The molecule has 176 valence electrons. The number of aromatic amines is 1. The molecule has 2 aliphatic carbocycles. The number of hydrogen-bond donors (Lipinski definition) is 1. The van der Waals surface area contributed by atoms with Gasteiger partial charge < -0.3 is 4.90 Å². The molecule has 4 heterocycles. The van der Waals surface area contributed by atoms with E-state index in [4.69, 9.17) is 4.98 Å². The third kappa shape index (κ3) is 4.05. The third-order valence-electron chi connectivity index (χ3n) is 8.49. The van der Waals surface area contributed by atoms with Crippen LogP contribution in [0.4, 0.5) is 0 Å². The number of nitrogens with zero attached hydrogens (tertiary/aromatic N) is 4. The van der Waals surface area contributed by atoms with Gasteiger partial charge in [-0.15, -0.1) is 0 Å². The lowest BCUT2D eigenvalue weighted by Gasteiger charge is -2.32. The maximum absolute atomic E-state index is 13.3. The van der Waals surface area contributed by atoms with E-state index in [9.17, 15) is 9.59 Å². The first-order valence-corrected chi connectivity index (χ1v) is 13.0. The molecule has 2 aromatic rings. The molecule has 7 heteroatoms. The van der Waals surface area contributed by atoms with Crippen LogP contribution >= 0.6 is 0 Å². The van der Waals surface area contributed by atoms with Gasteiger partial charge in [0.05, 0.1) is 11.3 Å². The first-order valence-electron chi connectivity index (χ1n) is 13.0. The van der Waals surface area contributed by atoms with Crippen molar-refractivity contribution >= 4 is 11.6 Å². The second kappa shape index (κ2) is 8.75. The number of allylic oxidation sites excluding steroid dienone is 2. The average Bonchev–Trinajstić information content (AvgIpc) is 3.61. The lowest BCUT2D eigenvalue weighted by Crippen LogP contribution is -2.41. The first-order chi connectivity index (χ1) is 16.2. The van der Waals surface area contributed by atoms with Crippen molar-refractivity contribution in [2.45, 2.75) is 82.7 Å². The molecule has 7 nitrogen and oxygen atoms in total. The van der Waals surface area contributed by atoms with E-state index in [0.717, 1.165) is 80.9 Å². The number of fused-ring (bicyclic) bond motifs is 2. The van der Waals surface area contributed by atoms with Crippen LogP contribution in [0, 0.1) is 5.92 Å². The summed E-state index contributed by atoms with van der Waals surface area (Å²) in [5, 5.41) is 3.38. The highest BCUT2D eigenvalue weighted by Gasteiger charge is 2.30.